The van der Waals surface area contributed by atoms with Crippen molar-refractivity contribution in [3.63, 3.8) is 0 Å². The molecular formula is C13H17FN4O. The quantitative estimate of drug-likeness (QED) is 0.705. The first-order chi connectivity index (χ1) is 8.83. The average Bonchev–Trinajstić information content (AvgIpc) is 2.60. The van der Waals surface area contributed by atoms with Gasteiger partial charge < -0.3 is 10.4 Å². The van der Waals surface area contributed by atoms with Gasteiger partial charge in [0.2, 0.25) is 0 Å². The number of hydrogen-bond acceptors (Lipinski definition) is 5. The predicted octanol–water partition coefficient (Wildman–Crippen LogP) is 2.15. The van der Waals surface area contributed by atoms with Gasteiger partial charge in [-0.3, -0.25) is 9.91 Å². The Balaban J connectivity index is 2.27. The zero-order valence-corrected chi connectivity index (χ0v) is 11.4. The molecule has 0 aliphatic carbocycles. The summed E-state index contributed by atoms with van der Waals surface area (Å²) in [5.41, 5.74) is 0.398. The number of rotatable bonds is 0. The third-order valence-electron chi connectivity index (χ3n) is 3.69. The van der Waals surface area contributed by atoms with Gasteiger partial charge >= 0.3 is 0 Å². The van der Waals surface area contributed by atoms with E-state index in [0.29, 0.717) is 17.2 Å². The maximum atomic E-state index is 14.2. The summed E-state index contributed by atoms with van der Waals surface area (Å²) in [7, 11) is 1.86. The molecule has 1 unspecified atom stereocenters. The molecule has 2 heterocycles. The number of nitrogens with zero attached hydrogens (tertiary/aromatic N) is 3. The molecule has 0 saturated heterocycles. The minimum atomic E-state index is -0.381. The monoisotopic (exact) mass is 264 g/mol. The lowest BCUT2D eigenvalue weighted by molar-refractivity contribution is 0.209. The fourth-order valence-corrected chi connectivity index (χ4v) is 3.05. The van der Waals surface area contributed by atoms with E-state index in [9.17, 15) is 9.50 Å². The number of benzene rings is 1. The standard InChI is InChI=1S/C13H17FN4O/c1-7-16-17(4)12-13(2,3)15-10-9(19)6-5-8(14)11(10)18(7)12/h5-6,12,15,19H,1-4H3. The first-order valence-corrected chi connectivity index (χ1v) is 6.20. The zero-order valence-electron chi connectivity index (χ0n) is 11.4. The molecule has 102 valence electrons. The molecule has 1 aromatic carbocycles. The van der Waals surface area contributed by atoms with Gasteiger partial charge in [0, 0.05) is 7.05 Å². The second kappa shape index (κ2) is 3.53. The Bertz CT molecular complexity index is 584. The van der Waals surface area contributed by atoms with E-state index in [1.165, 1.54) is 12.1 Å². The van der Waals surface area contributed by atoms with Crippen molar-refractivity contribution in [1.29, 1.82) is 0 Å². The van der Waals surface area contributed by atoms with Gasteiger partial charge in [0.1, 0.15) is 34.9 Å². The van der Waals surface area contributed by atoms with E-state index in [1.807, 2.05) is 37.7 Å². The largest absolute Gasteiger partial charge is 0.506 e. The molecule has 2 aliphatic heterocycles. The molecule has 1 atom stereocenters. The second-order valence-electron chi connectivity index (χ2n) is 5.60. The van der Waals surface area contributed by atoms with Crippen molar-refractivity contribution in [3.05, 3.63) is 17.9 Å². The molecule has 2 N–H and O–H groups in total. The molecule has 0 radical (unpaired) electrons. The fourth-order valence-electron chi connectivity index (χ4n) is 3.05. The maximum Gasteiger partial charge on any atom is 0.149 e. The van der Waals surface area contributed by atoms with Crippen LogP contribution in [-0.4, -0.2) is 34.7 Å². The van der Waals surface area contributed by atoms with Crippen molar-refractivity contribution in [1.82, 2.24) is 5.01 Å². The molecule has 6 heteroatoms. The topological polar surface area (TPSA) is 51.1 Å². The second-order valence-corrected chi connectivity index (χ2v) is 5.60. The molecule has 0 fully saturated rings. The average molecular weight is 264 g/mol. The molecule has 2 aliphatic rings. The number of halogens is 1. The van der Waals surface area contributed by atoms with Crippen LogP contribution < -0.4 is 10.2 Å². The number of amidine groups is 1. The van der Waals surface area contributed by atoms with E-state index in [2.05, 4.69) is 10.4 Å². The summed E-state index contributed by atoms with van der Waals surface area (Å²) in [5, 5.41) is 19.4. The Morgan fingerprint density at radius 2 is 2.11 bits per heavy atom. The highest BCUT2D eigenvalue weighted by Gasteiger charge is 2.48. The van der Waals surface area contributed by atoms with Gasteiger partial charge in [-0.25, -0.2) is 4.39 Å². The van der Waals surface area contributed by atoms with Gasteiger partial charge in [-0.2, -0.15) is 5.10 Å². The van der Waals surface area contributed by atoms with Crippen LogP contribution in [0.3, 0.4) is 0 Å². The number of anilines is 2. The summed E-state index contributed by atoms with van der Waals surface area (Å²) in [6, 6.07) is 2.64. The first-order valence-electron chi connectivity index (χ1n) is 6.20. The van der Waals surface area contributed by atoms with Crippen LogP contribution in [0, 0.1) is 5.82 Å². The lowest BCUT2D eigenvalue weighted by Gasteiger charge is -2.47. The normalized spacial score (nSPS) is 23.6. The van der Waals surface area contributed by atoms with Crippen LogP contribution in [0.4, 0.5) is 15.8 Å². The van der Waals surface area contributed by atoms with E-state index < -0.39 is 0 Å². The highest BCUT2D eigenvalue weighted by molar-refractivity contribution is 6.03. The number of phenolic OH excluding ortho intramolecular Hbond substituents is 1. The van der Waals surface area contributed by atoms with Crippen molar-refractivity contribution in [2.24, 2.45) is 5.10 Å². The molecule has 0 saturated carbocycles. The third-order valence-corrected chi connectivity index (χ3v) is 3.69. The number of fused-ring (bicyclic) bond motifs is 3. The summed E-state index contributed by atoms with van der Waals surface area (Å²) in [5.74, 6) is 0.392. The molecular weight excluding hydrogens is 247 g/mol. The lowest BCUT2D eigenvalue weighted by atomic mass is 9.94. The Labute approximate surface area is 111 Å². The van der Waals surface area contributed by atoms with Crippen LogP contribution >= 0.6 is 0 Å². The van der Waals surface area contributed by atoms with Crippen LogP contribution in [0.5, 0.6) is 5.75 Å². The van der Waals surface area contributed by atoms with Crippen LogP contribution in [0.15, 0.2) is 17.2 Å². The molecule has 0 spiro atoms. The molecule has 0 aromatic heterocycles. The number of nitrogens with one attached hydrogen (secondary N) is 1. The summed E-state index contributed by atoms with van der Waals surface area (Å²) in [6.45, 7) is 5.84. The number of phenols is 1. The lowest BCUT2D eigenvalue weighted by Crippen LogP contribution is -2.60. The Kier molecular flexibility index (Phi) is 2.24. The highest BCUT2D eigenvalue weighted by Crippen LogP contribution is 2.47. The van der Waals surface area contributed by atoms with Gasteiger partial charge in [0.15, 0.2) is 0 Å². The summed E-state index contributed by atoms with van der Waals surface area (Å²) >= 11 is 0. The van der Waals surface area contributed by atoms with Gasteiger partial charge in [-0.05, 0) is 32.9 Å². The van der Waals surface area contributed by atoms with Crippen LogP contribution in [-0.2, 0) is 0 Å². The van der Waals surface area contributed by atoms with Crippen molar-refractivity contribution >= 4 is 17.2 Å². The zero-order chi connectivity index (χ0) is 13.9. The predicted molar refractivity (Wildman–Crippen MR) is 72.9 cm³/mol. The molecule has 1 aromatic rings. The van der Waals surface area contributed by atoms with Crippen LogP contribution in [0.2, 0.25) is 0 Å². The Morgan fingerprint density at radius 3 is 2.79 bits per heavy atom. The molecule has 0 amide bonds. The van der Waals surface area contributed by atoms with Crippen molar-refractivity contribution < 1.29 is 9.50 Å². The fraction of sp³-hybridized carbons (Fsp3) is 0.462. The van der Waals surface area contributed by atoms with Gasteiger partial charge in [0.05, 0.1) is 5.54 Å². The Morgan fingerprint density at radius 1 is 1.42 bits per heavy atom. The van der Waals surface area contributed by atoms with Gasteiger partial charge in [-0.1, -0.05) is 0 Å². The number of aromatic hydroxyl groups is 1. The van der Waals surface area contributed by atoms with E-state index in [0.717, 1.165) is 0 Å². The van der Waals surface area contributed by atoms with Crippen LogP contribution in [0.1, 0.15) is 20.8 Å². The van der Waals surface area contributed by atoms with Gasteiger partial charge in [-0.15, -0.1) is 0 Å². The van der Waals surface area contributed by atoms with E-state index in [4.69, 9.17) is 0 Å². The molecule has 5 nitrogen and oxygen atoms in total. The summed E-state index contributed by atoms with van der Waals surface area (Å²) < 4.78 is 14.2. The number of likely N-dealkylation sites (N-methyl/N-ethyl adjacent to an activating group) is 1. The summed E-state index contributed by atoms with van der Waals surface area (Å²) in [6.07, 6.45) is -0.128. The van der Waals surface area contributed by atoms with E-state index in [1.54, 1.807) is 0 Å². The van der Waals surface area contributed by atoms with E-state index in [-0.39, 0.29) is 23.3 Å². The smallest absolute Gasteiger partial charge is 0.149 e. The van der Waals surface area contributed by atoms with E-state index >= 15 is 0 Å². The molecule has 19 heavy (non-hydrogen) atoms. The van der Waals surface area contributed by atoms with Crippen molar-refractivity contribution in [2.45, 2.75) is 32.5 Å². The van der Waals surface area contributed by atoms with Crippen LogP contribution in [0.25, 0.3) is 0 Å². The maximum absolute atomic E-state index is 14.2. The highest BCUT2D eigenvalue weighted by atomic mass is 19.1. The molecule has 3 rings (SSSR count). The van der Waals surface area contributed by atoms with Crippen molar-refractivity contribution in [3.8, 4) is 5.75 Å². The SMILES string of the molecule is CC1=NN(C)C2N1c1c(F)ccc(O)c1NC2(C)C. The minimum absolute atomic E-state index is 0.0466. The number of hydrazone groups is 1. The summed E-state index contributed by atoms with van der Waals surface area (Å²) in [4.78, 5) is 1.83. The van der Waals surface area contributed by atoms with Crippen molar-refractivity contribution in [2.75, 3.05) is 17.3 Å². The first kappa shape index (κ1) is 12.1. The molecule has 0 bridgehead atoms. The Hall–Kier alpha value is -1.98. The van der Waals surface area contributed by atoms with Gasteiger partial charge in [0.25, 0.3) is 0 Å². The minimum Gasteiger partial charge on any atom is -0.506 e. The third kappa shape index (κ3) is 1.49. The number of hydrogen-bond donors (Lipinski definition) is 2.